The van der Waals surface area contributed by atoms with Crippen LogP contribution in [0.25, 0.3) is 22.3 Å². The van der Waals surface area contributed by atoms with Gasteiger partial charge in [-0.15, -0.1) is 0 Å². The number of pyridine rings is 4. The van der Waals surface area contributed by atoms with Gasteiger partial charge in [-0.05, 0) is 70.8 Å². The number of hydrogen-bond acceptors (Lipinski definition) is 4. The summed E-state index contributed by atoms with van der Waals surface area (Å²) in [5.74, 6) is 0. The zero-order chi connectivity index (χ0) is 37.5. The Morgan fingerprint density at radius 2 is 0.411 bits per heavy atom. The first kappa shape index (κ1) is 34.4. The zero-order valence-electron chi connectivity index (χ0n) is 30.9. The van der Waals surface area contributed by atoms with Crippen LogP contribution >= 0.6 is 0 Å². The van der Waals surface area contributed by atoms with Crippen LogP contribution in [0.3, 0.4) is 0 Å². The van der Waals surface area contributed by atoms with Gasteiger partial charge in [0.2, 0.25) is 0 Å². The summed E-state index contributed by atoms with van der Waals surface area (Å²) >= 11 is 0. The quantitative estimate of drug-likeness (QED) is 0.140. The molecular formula is C48H40N8+4. The van der Waals surface area contributed by atoms with Crippen molar-refractivity contribution in [2.75, 3.05) is 0 Å². The van der Waals surface area contributed by atoms with Crippen LogP contribution in [0.2, 0.25) is 0 Å². The molecule has 8 aromatic rings. The monoisotopic (exact) mass is 728 g/mol. The summed E-state index contributed by atoms with van der Waals surface area (Å²) in [6, 6.07) is 50.4. The maximum absolute atomic E-state index is 4.49. The SMILES string of the molecule is c1cc2ccc1C[n+]1ccc(cc1)-c1cc[n+](cc1)Cc1ccc(cc1)N=Nc1ccc(cc1)C[n+]1ccc(cc1)-c1cc[n+](cc1)Cc1ccc(cc1)N=N2. The van der Waals surface area contributed by atoms with Gasteiger partial charge in [-0.2, -0.15) is 20.5 Å². The van der Waals surface area contributed by atoms with Crippen LogP contribution in [-0.4, -0.2) is 0 Å². The van der Waals surface area contributed by atoms with E-state index in [9.17, 15) is 0 Å². The summed E-state index contributed by atoms with van der Waals surface area (Å²) in [7, 11) is 0. The van der Waals surface area contributed by atoms with Crippen molar-refractivity contribution in [3.63, 3.8) is 0 Å². The predicted molar refractivity (Wildman–Crippen MR) is 215 cm³/mol. The van der Waals surface area contributed by atoms with Crippen LogP contribution < -0.4 is 18.3 Å². The fraction of sp³-hybridized carbons (Fsp3) is 0.0833. The molecule has 0 aliphatic carbocycles. The van der Waals surface area contributed by atoms with Gasteiger partial charge in [0, 0.05) is 70.8 Å². The van der Waals surface area contributed by atoms with E-state index in [1.807, 2.05) is 48.5 Å². The standard InChI is InChI=1S/C48H40N8/c1-9-45-10-2-37(1)33-53-25-17-41(18-26-53)42-19-27-54(28-20-42)35-39-5-13-47(14-6-39)51-52-48-15-7-40(8-16-48)36-56-31-23-44(24-32-56)43-21-29-55(30-22-43)34-38-3-11-46(12-4-38)50-49-45/h1-32H,33-36H2/q+4. The van der Waals surface area contributed by atoms with Gasteiger partial charge in [-0.1, -0.05) is 48.5 Å². The predicted octanol–water partition coefficient (Wildman–Crippen LogP) is 9.51. The smallest absolute Gasteiger partial charge is 0.173 e. The Bertz CT molecular complexity index is 2220. The Balaban J connectivity index is 0.941. The van der Waals surface area contributed by atoms with Crippen LogP contribution in [0, 0.1) is 0 Å². The van der Waals surface area contributed by atoms with E-state index in [1.54, 1.807) is 0 Å². The highest BCUT2D eigenvalue weighted by Crippen LogP contribution is 2.22. The average molecular weight is 729 g/mol. The van der Waals surface area contributed by atoms with Gasteiger partial charge < -0.3 is 0 Å². The molecule has 0 radical (unpaired) electrons. The van der Waals surface area contributed by atoms with Crippen molar-refractivity contribution in [3.05, 3.63) is 217 Å². The third-order valence-corrected chi connectivity index (χ3v) is 10.00. The lowest BCUT2D eigenvalue weighted by Crippen LogP contribution is -2.33. The summed E-state index contributed by atoms with van der Waals surface area (Å²) in [4.78, 5) is 0. The van der Waals surface area contributed by atoms with Crippen LogP contribution in [0.5, 0.6) is 0 Å². The van der Waals surface area contributed by atoms with Crippen molar-refractivity contribution in [2.45, 2.75) is 26.2 Å². The van der Waals surface area contributed by atoms with Gasteiger partial charge in [0.05, 0.1) is 22.7 Å². The van der Waals surface area contributed by atoms with Crippen LogP contribution in [0.15, 0.2) is 216 Å². The lowest BCUT2D eigenvalue weighted by Gasteiger charge is -2.03. The number of rotatable bonds is 0. The largest absolute Gasteiger partial charge is 0.201 e. The molecular weight excluding hydrogens is 689 g/mol. The third kappa shape index (κ3) is 8.56. The molecule has 0 unspecified atom stereocenters. The molecule has 8 nitrogen and oxygen atoms in total. The van der Waals surface area contributed by atoms with E-state index >= 15 is 0 Å². The summed E-state index contributed by atoms with van der Waals surface area (Å²) in [5.41, 5.74) is 12.8. The Hall–Kier alpha value is -7.32. The van der Waals surface area contributed by atoms with Crippen molar-refractivity contribution in [1.82, 2.24) is 0 Å². The average Bonchev–Trinajstić information content (AvgIpc) is 3.25. The second-order valence-electron chi connectivity index (χ2n) is 14.1. The molecule has 56 heavy (non-hydrogen) atoms. The van der Waals surface area contributed by atoms with Crippen molar-refractivity contribution >= 4 is 22.7 Å². The molecule has 8 heteroatoms. The van der Waals surface area contributed by atoms with Crippen LogP contribution in [-0.2, 0) is 26.2 Å². The molecule has 0 amide bonds. The first-order valence-corrected chi connectivity index (χ1v) is 18.8. The Labute approximate surface area is 326 Å². The highest BCUT2D eigenvalue weighted by molar-refractivity contribution is 5.61. The summed E-state index contributed by atoms with van der Waals surface area (Å²) in [6.07, 6.45) is 17.0. The number of aromatic nitrogens is 4. The second-order valence-corrected chi connectivity index (χ2v) is 14.1. The van der Waals surface area contributed by atoms with E-state index in [-0.39, 0.29) is 0 Å². The second kappa shape index (κ2) is 16.0. The lowest BCUT2D eigenvalue weighted by atomic mass is 10.1. The van der Waals surface area contributed by atoms with Crippen molar-refractivity contribution < 1.29 is 18.3 Å². The molecule has 26 heterocycles. The Kier molecular flexibility index (Phi) is 9.82. The van der Waals surface area contributed by atoms with Crippen LogP contribution in [0.1, 0.15) is 22.3 Å². The summed E-state index contributed by atoms with van der Waals surface area (Å²) in [5, 5.41) is 18.0. The summed E-state index contributed by atoms with van der Waals surface area (Å²) < 4.78 is 8.75. The first-order chi connectivity index (χ1) is 27.6. The van der Waals surface area contributed by atoms with E-state index in [1.165, 1.54) is 44.5 Å². The van der Waals surface area contributed by atoms with E-state index in [0.717, 1.165) is 48.9 Å². The van der Waals surface area contributed by atoms with Crippen molar-refractivity contribution in [1.29, 1.82) is 0 Å². The maximum Gasteiger partial charge on any atom is 0.173 e. The molecule has 4 aromatic heterocycles. The normalized spacial score (nSPS) is 12.6. The minimum atomic E-state index is 0.772. The van der Waals surface area contributed by atoms with E-state index in [2.05, 4.69) is 185 Å². The van der Waals surface area contributed by atoms with Gasteiger partial charge >= 0.3 is 0 Å². The number of hydrogen-bond donors (Lipinski definition) is 0. The number of azo groups is 2. The number of benzene rings is 4. The molecule has 0 saturated carbocycles. The number of nitrogens with zero attached hydrogens (tertiary/aromatic N) is 8. The third-order valence-electron chi connectivity index (χ3n) is 10.00. The Morgan fingerprint density at radius 1 is 0.232 bits per heavy atom. The molecule has 16 bridgehead atoms. The van der Waals surface area contributed by atoms with Crippen LogP contribution in [0.4, 0.5) is 22.7 Å². The van der Waals surface area contributed by atoms with Gasteiger partial charge in [-0.3, -0.25) is 0 Å². The molecule has 30 rings (SSSR count). The molecule has 0 N–H and O–H groups in total. The molecule has 4 aromatic carbocycles. The molecule has 0 saturated heterocycles. The molecule has 268 valence electrons. The van der Waals surface area contributed by atoms with Gasteiger partial charge in [-0.25, -0.2) is 18.3 Å². The van der Waals surface area contributed by atoms with E-state index in [4.69, 9.17) is 0 Å². The van der Waals surface area contributed by atoms with Crippen molar-refractivity contribution in [3.8, 4) is 22.3 Å². The highest BCUT2D eigenvalue weighted by Gasteiger charge is 2.10. The van der Waals surface area contributed by atoms with Gasteiger partial charge in [0.1, 0.15) is 0 Å². The van der Waals surface area contributed by atoms with Gasteiger partial charge in [0.15, 0.2) is 75.8 Å². The molecule has 0 atom stereocenters. The highest BCUT2D eigenvalue weighted by atomic mass is 15.1. The summed E-state index contributed by atoms with van der Waals surface area (Å²) in [6.45, 7) is 3.09. The fourth-order valence-electron chi connectivity index (χ4n) is 6.77. The molecule has 0 spiro atoms. The van der Waals surface area contributed by atoms with E-state index < -0.39 is 0 Å². The zero-order valence-corrected chi connectivity index (χ0v) is 30.9. The van der Waals surface area contributed by atoms with Crippen molar-refractivity contribution in [2.24, 2.45) is 20.5 Å². The fourth-order valence-corrected chi connectivity index (χ4v) is 6.77. The molecule has 22 aliphatic rings. The minimum Gasteiger partial charge on any atom is -0.201 e. The van der Waals surface area contributed by atoms with Gasteiger partial charge in [0.25, 0.3) is 0 Å². The molecule has 22 aliphatic heterocycles. The minimum absolute atomic E-state index is 0.772. The first-order valence-electron chi connectivity index (χ1n) is 18.8. The Morgan fingerprint density at radius 3 is 0.589 bits per heavy atom. The molecule has 0 fully saturated rings. The maximum atomic E-state index is 4.49. The topological polar surface area (TPSA) is 65.0 Å². The van der Waals surface area contributed by atoms with E-state index in [0.29, 0.717) is 0 Å². The lowest BCUT2D eigenvalue weighted by molar-refractivity contribution is -0.688.